The first-order chi connectivity index (χ1) is 23.3. The molecule has 1 aliphatic heterocycles. The lowest BCUT2D eigenvalue weighted by Gasteiger charge is -2.46. The highest BCUT2D eigenvalue weighted by atomic mass is 16.7. The maximum absolute atomic E-state index is 6.78. The summed E-state index contributed by atoms with van der Waals surface area (Å²) in [5, 5.41) is 0. The molecule has 0 amide bonds. The van der Waals surface area contributed by atoms with Gasteiger partial charge in [-0.3, -0.25) is 0 Å². The molecular formula is C41H42O6. The zero-order valence-electron chi connectivity index (χ0n) is 26.5. The molecule has 47 heavy (non-hydrogen) atoms. The summed E-state index contributed by atoms with van der Waals surface area (Å²) in [6.07, 6.45) is -2.84. The zero-order chi connectivity index (χ0) is 31.9. The van der Waals surface area contributed by atoms with Gasteiger partial charge >= 0.3 is 0 Å². The first-order valence-electron chi connectivity index (χ1n) is 16.2. The normalized spacial score (nSPS) is 21.0. The van der Waals surface area contributed by atoms with Crippen LogP contribution in [-0.4, -0.2) is 37.3 Å². The molecule has 0 saturated carbocycles. The van der Waals surface area contributed by atoms with Crippen molar-refractivity contribution in [1.29, 1.82) is 0 Å². The van der Waals surface area contributed by atoms with Crippen LogP contribution in [0.2, 0.25) is 0 Å². The van der Waals surface area contributed by atoms with Crippen molar-refractivity contribution in [1.82, 2.24) is 0 Å². The van der Waals surface area contributed by atoms with Crippen molar-refractivity contribution in [2.24, 2.45) is 0 Å². The topological polar surface area (TPSA) is 55.4 Å². The van der Waals surface area contributed by atoms with Crippen molar-refractivity contribution in [3.63, 3.8) is 0 Å². The standard InChI is InChI=1S/C41H42O6/c1-6-16-32(17-7-1)26-42-31-37-38(43-27-33-18-8-2-9-19-33)39(44-28-34-20-10-3-11-21-34)40(45-29-35-22-12-4-13-23-35)41(47-37)46-30-36-24-14-5-15-25-36/h1-25,37-41H,26-31H2/t37-,38+,39+,40-,41-/m1/s1. The minimum Gasteiger partial charge on any atom is -0.374 e. The van der Waals surface area contributed by atoms with Gasteiger partial charge in [-0.2, -0.15) is 0 Å². The largest absolute Gasteiger partial charge is 0.374 e. The molecule has 1 heterocycles. The van der Waals surface area contributed by atoms with Crippen LogP contribution in [0, 0.1) is 0 Å². The van der Waals surface area contributed by atoms with Crippen molar-refractivity contribution in [2.45, 2.75) is 63.7 Å². The Labute approximate surface area is 277 Å². The second-order valence-electron chi connectivity index (χ2n) is 11.6. The lowest BCUT2D eigenvalue weighted by Crippen LogP contribution is -2.61. The highest BCUT2D eigenvalue weighted by Crippen LogP contribution is 2.32. The highest BCUT2D eigenvalue weighted by molar-refractivity contribution is 5.17. The molecule has 1 saturated heterocycles. The van der Waals surface area contributed by atoms with Gasteiger partial charge in [0.05, 0.1) is 39.6 Å². The van der Waals surface area contributed by atoms with Gasteiger partial charge in [0.15, 0.2) is 6.29 Å². The number of hydrogen-bond acceptors (Lipinski definition) is 6. The van der Waals surface area contributed by atoms with Crippen LogP contribution in [0.4, 0.5) is 0 Å². The average Bonchev–Trinajstić information content (AvgIpc) is 3.14. The molecule has 0 spiro atoms. The fourth-order valence-corrected chi connectivity index (χ4v) is 5.63. The summed E-state index contributed by atoms with van der Waals surface area (Å²) in [5.74, 6) is 0. The molecule has 6 heteroatoms. The Morgan fingerprint density at radius 3 is 1.13 bits per heavy atom. The first-order valence-corrected chi connectivity index (χ1v) is 16.2. The second kappa shape index (κ2) is 17.7. The summed E-state index contributed by atoms with van der Waals surface area (Å²) in [5.41, 5.74) is 5.29. The predicted molar refractivity (Wildman–Crippen MR) is 181 cm³/mol. The third-order valence-corrected chi connectivity index (χ3v) is 8.10. The molecule has 0 bridgehead atoms. The quantitative estimate of drug-likeness (QED) is 0.111. The maximum atomic E-state index is 6.78. The third-order valence-electron chi connectivity index (χ3n) is 8.10. The van der Waals surface area contributed by atoms with Crippen LogP contribution in [0.5, 0.6) is 0 Å². The van der Waals surface area contributed by atoms with Gasteiger partial charge in [-0.1, -0.05) is 152 Å². The van der Waals surface area contributed by atoms with E-state index in [0.29, 0.717) is 33.0 Å². The van der Waals surface area contributed by atoms with Gasteiger partial charge in [0.2, 0.25) is 0 Å². The molecule has 0 radical (unpaired) electrons. The van der Waals surface area contributed by atoms with Gasteiger partial charge in [0.25, 0.3) is 0 Å². The molecule has 5 atom stereocenters. The van der Waals surface area contributed by atoms with Crippen LogP contribution in [0.15, 0.2) is 152 Å². The van der Waals surface area contributed by atoms with Gasteiger partial charge in [0, 0.05) is 0 Å². The Morgan fingerprint density at radius 2 is 0.702 bits per heavy atom. The summed E-state index contributed by atoms with van der Waals surface area (Å²) in [4.78, 5) is 0. The van der Waals surface area contributed by atoms with Crippen LogP contribution < -0.4 is 0 Å². The summed E-state index contributed by atoms with van der Waals surface area (Å²) in [6.45, 7) is 2.23. The Hall–Kier alpha value is -4.14. The Morgan fingerprint density at radius 1 is 0.362 bits per heavy atom. The smallest absolute Gasteiger partial charge is 0.187 e. The number of benzene rings is 5. The van der Waals surface area contributed by atoms with Crippen LogP contribution in [0.1, 0.15) is 27.8 Å². The minimum atomic E-state index is -0.735. The molecule has 1 aliphatic rings. The molecule has 6 nitrogen and oxygen atoms in total. The van der Waals surface area contributed by atoms with Crippen LogP contribution in [-0.2, 0) is 61.5 Å². The van der Waals surface area contributed by atoms with Crippen molar-refractivity contribution in [2.75, 3.05) is 6.61 Å². The fourth-order valence-electron chi connectivity index (χ4n) is 5.63. The van der Waals surface area contributed by atoms with E-state index in [1.807, 2.05) is 115 Å². The summed E-state index contributed by atoms with van der Waals surface area (Å²) in [6, 6.07) is 50.6. The predicted octanol–water partition coefficient (Wildman–Crippen LogP) is 7.90. The SMILES string of the molecule is c1ccc(COC[C@H]2O[C@@H](OCc3ccccc3)[C@H](OCc3ccccc3)[C@@H](OCc3ccccc3)[C@H]2OCc2ccccc2)cc1. The van der Waals surface area contributed by atoms with Crippen LogP contribution >= 0.6 is 0 Å². The van der Waals surface area contributed by atoms with E-state index in [1.165, 1.54) is 0 Å². The highest BCUT2D eigenvalue weighted by Gasteiger charge is 2.49. The van der Waals surface area contributed by atoms with Gasteiger partial charge in [-0.15, -0.1) is 0 Å². The molecule has 0 N–H and O–H groups in total. The van der Waals surface area contributed by atoms with E-state index in [-0.39, 0.29) is 6.61 Å². The van der Waals surface area contributed by atoms with Crippen LogP contribution in [0.3, 0.4) is 0 Å². The van der Waals surface area contributed by atoms with E-state index >= 15 is 0 Å². The number of hydrogen-bond donors (Lipinski definition) is 0. The van der Waals surface area contributed by atoms with Crippen LogP contribution in [0.25, 0.3) is 0 Å². The summed E-state index contributed by atoms with van der Waals surface area (Å²) < 4.78 is 39.7. The molecule has 0 unspecified atom stereocenters. The molecule has 0 aromatic heterocycles. The van der Waals surface area contributed by atoms with Gasteiger partial charge in [-0.05, 0) is 27.8 Å². The Kier molecular flexibility index (Phi) is 12.3. The van der Waals surface area contributed by atoms with E-state index in [2.05, 4.69) is 36.4 Å². The number of ether oxygens (including phenoxy) is 6. The summed E-state index contributed by atoms with van der Waals surface area (Å²) in [7, 11) is 0. The summed E-state index contributed by atoms with van der Waals surface area (Å²) >= 11 is 0. The molecule has 5 aromatic carbocycles. The van der Waals surface area contributed by atoms with E-state index in [4.69, 9.17) is 28.4 Å². The van der Waals surface area contributed by atoms with E-state index < -0.39 is 30.7 Å². The van der Waals surface area contributed by atoms with Gasteiger partial charge in [0.1, 0.15) is 24.4 Å². The first kappa shape index (κ1) is 32.8. The van der Waals surface area contributed by atoms with Crippen molar-refractivity contribution >= 4 is 0 Å². The lowest BCUT2D eigenvalue weighted by atomic mass is 9.97. The van der Waals surface area contributed by atoms with E-state index in [1.54, 1.807) is 0 Å². The molecule has 1 fully saturated rings. The molecular weight excluding hydrogens is 588 g/mol. The van der Waals surface area contributed by atoms with Gasteiger partial charge in [-0.25, -0.2) is 0 Å². The van der Waals surface area contributed by atoms with Crippen molar-refractivity contribution < 1.29 is 28.4 Å². The molecule has 6 rings (SSSR count). The van der Waals surface area contributed by atoms with Crippen molar-refractivity contribution in [3.05, 3.63) is 179 Å². The zero-order valence-corrected chi connectivity index (χ0v) is 26.5. The monoisotopic (exact) mass is 630 g/mol. The molecule has 0 aliphatic carbocycles. The third kappa shape index (κ3) is 9.92. The van der Waals surface area contributed by atoms with E-state index in [0.717, 1.165) is 27.8 Å². The Balaban J connectivity index is 1.29. The lowest BCUT2D eigenvalue weighted by molar-refractivity contribution is -0.330. The van der Waals surface area contributed by atoms with Crippen molar-refractivity contribution in [3.8, 4) is 0 Å². The second-order valence-corrected chi connectivity index (χ2v) is 11.6. The minimum absolute atomic E-state index is 0.288. The molecule has 242 valence electrons. The number of rotatable bonds is 16. The fraction of sp³-hybridized carbons (Fsp3) is 0.268. The van der Waals surface area contributed by atoms with Gasteiger partial charge < -0.3 is 28.4 Å². The van der Waals surface area contributed by atoms with E-state index in [9.17, 15) is 0 Å². The average molecular weight is 631 g/mol. The molecule has 5 aromatic rings. The Bertz CT molecular complexity index is 1550. The maximum Gasteiger partial charge on any atom is 0.187 e.